The van der Waals surface area contributed by atoms with Gasteiger partial charge < -0.3 is 0 Å². The van der Waals surface area contributed by atoms with Gasteiger partial charge in [-0.2, -0.15) is 0 Å². The minimum absolute atomic E-state index is 0.351. The SMILES string of the molecule is CCC(Cl)(C#Cc1ccccc1)CC. The highest BCUT2D eigenvalue weighted by atomic mass is 35.5. The van der Waals surface area contributed by atoms with Crippen molar-refractivity contribution in [1.82, 2.24) is 0 Å². The summed E-state index contributed by atoms with van der Waals surface area (Å²) in [6, 6.07) is 9.94. The van der Waals surface area contributed by atoms with Gasteiger partial charge >= 0.3 is 0 Å². The van der Waals surface area contributed by atoms with Gasteiger partial charge in [-0.25, -0.2) is 0 Å². The van der Waals surface area contributed by atoms with Gasteiger partial charge in [-0.05, 0) is 25.0 Å². The van der Waals surface area contributed by atoms with E-state index in [9.17, 15) is 0 Å². The molecule has 0 atom stereocenters. The molecule has 0 saturated carbocycles. The van der Waals surface area contributed by atoms with Crippen molar-refractivity contribution in [3.8, 4) is 11.8 Å². The molecule has 1 aromatic rings. The Hall–Kier alpha value is -0.930. The first-order valence-electron chi connectivity index (χ1n) is 4.97. The van der Waals surface area contributed by atoms with Crippen LogP contribution in [0.3, 0.4) is 0 Å². The Kier molecular flexibility index (Phi) is 4.04. The topological polar surface area (TPSA) is 0 Å². The molecular formula is C13H15Cl. The summed E-state index contributed by atoms with van der Waals surface area (Å²) in [4.78, 5) is -0.351. The van der Waals surface area contributed by atoms with Gasteiger partial charge in [0.25, 0.3) is 0 Å². The van der Waals surface area contributed by atoms with Crippen LogP contribution < -0.4 is 0 Å². The second-order valence-corrected chi connectivity index (χ2v) is 4.01. The van der Waals surface area contributed by atoms with Gasteiger partial charge in [-0.15, -0.1) is 11.6 Å². The lowest BCUT2D eigenvalue weighted by atomic mass is 10.0. The number of benzene rings is 1. The summed E-state index contributed by atoms with van der Waals surface area (Å²) in [5, 5.41) is 0. The normalized spacial score (nSPS) is 10.5. The molecule has 0 aliphatic heterocycles. The molecule has 1 heteroatoms. The van der Waals surface area contributed by atoms with Crippen LogP contribution in [0, 0.1) is 11.8 Å². The van der Waals surface area contributed by atoms with Crippen molar-refractivity contribution < 1.29 is 0 Å². The zero-order valence-electron chi connectivity index (χ0n) is 8.68. The maximum atomic E-state index is 6.28. The molecule has 0 spiro atoms. The van der Waals surface area contributed by atoms with Gasteiger partial charge in [0.15, 0.2) is 0 Å². The third-order valence-corrected chi connectivity index (χ3v) is 2.95. The first kappa shape index (κ1) is 11.1. The van der Waals surface area contributed by atoms with Crippen LogP contribution in [0.2, 0.25) is 0 Å². The van der Waals surface area contributed by atoms with Gasteiger partial charge in [0, 0.05) is 5.56 Å². The van der Waals surface area contributed by atoms with Crippen molar-refractivity contribution in [2.24, 2.45) is 0 Å². The Morgan fingerprint density at radius 3 is 2.21 bits per heavy atom. The standard InChI is InChI=1S/C13H15Cl/c1-3-13(14,4-2)11-10-12-8-6-5-7-9-12/h5-9H,3-4H2,1-2H3. The molecule has 0 radical (unpaired) electrons. The van der Waals surface area contributed by atoms with Crippen molar-refractivity contribution in [3.63, 3.8) is 0 Å². The molecule has 1 aromatic carbocycles. The van der Waals surface area contributed by atoms with E-state index in [0.717, 1.165) is 18.4 Å². The zero-order valence-corrected chi connectivity index (χ0v) is 9.43. The third kappa shape index (κ3) is 3.09. The summed E-state index contributed by atoms with van der Waals surface area (Å²) in [7, 11) is 0. The van der Waals surface area contributed by atoms with E-state index in [1.807, 2.05) is 30.3 Å². The average molecular weight is 207 g/mol. The van der Waals surface area contributed by atoms with Crippen LogP contribution in [0.1, 0.15) is 32.3 Å². The summed E-state index contributed by atoms with van der Waals surface area (Å²) in [5.74, 6) is 6.23. The predicted molar refractivity (Wildman–Crippen MR) is 62.5 cm³/mol. The van der Waals surface area contributed by atoms with Gasteiger partial charge in [0.05, 0.1) is 0 Å². The van der Waals surface area contributed by atoms with E-state index in [2.05, 4.69) is 25.7 Å². The Labute approximate surface area is 91.3 Å². The molecule has 0 bridgehead atoms. The fraction of sp³-hybridized carbons (Fsp3) is 0.385. The monoisotopic (exact) mass is 206 g/mol. The highest BCUT2D eigenvalue weighted by molar-refractivity contribution is 6.26. The smallest absolute Gasteiger partial charge is 0.105 e. The molecule has 14 heavy (non-hydrogen) atoms. The van der Waals surface area contributed by atoms with Crippen molar-refractivity contribution >= 4 is 11.6 Å². The van der Waals surface area contributed by atoms with Gasteiger partial charge in [-0.1, -0.05) is 43.9 Å². The first-order valence-corrected chi connectivity index (χ1v) is 5.35. The molecule has 0 saturated heterocycles. The molecule has 0 amide bonds. The zero-order chi connectivity index (χ0) is 10.4. The number of halogens is 1. The van der Waals surface area contributed by atoms with Crippen LogP contribution in [-0.4, -0.2) is 4.87 Å². The number of rotatable bonds is 2. The Morgan fingerprint density at radius 2 is 1.71 bits per heavy atom. The number of hydrogen-bond acceptors (Lipinski definition) is 0. The van der Waals surface area contributed by atoms with E-state index < -0.39 is 0 Å². The van der Waals surface area contributed by atoms with Crippen LogP contribution >= 0.6 is 11.6 Å². The van der Waals surface area contributed by atoms with Crippen molar-refractivity contribution in [3.05, 3.63) is 35.9 Å². The maximum absolute atomic E-state index is 6.28. The lowest BCUT2D eigenvalue weighted by molar-refractivity contribution is 0.668. The second-order valence-electron chi connectivity index (χ2n) is 3.29. The minimum Gasteiger partial charge on any atom is -0.105 e. The fourth-order valence-corrected chi connectivity index (χ4v) is 1.18. The molecular weight excluding hydrogens is 192 g/mol. The van der Waals surface area contributed by atoms with Crippen LogP contribution in [0.15, 0.2) is 30.3 Å². The van der Waals surface area contributed by atoms with E-state index in [1.165, 1.54) is 0 Å². The average Bonchev–Trinajstić information content (AvgIpc) is 2.27. The number of alkyl halides is 1. The van der Waals surface area contributed by atoms with E-state index >= 15 is 0 Å². The summed E-state index contributed by atoms with van der Waals surface area (Å²) in [5.41, 5.74) is 1.03. The molecule has 1 rings (SSSR count). The summed E-state index contributed by atoms with van der Waals surface area (Å²) in [6.07, 6.45) is 1.76. The largest absolute Gasteiger partial charge is 0.105 e. The van der Waals surface area contributed by atoms with Crippen LogP contribution in [-0.2, 0) is 0 Å². The molecule has 0 N–H and O–H groups in total. The third-order valence-electron chi connectivity index (χ3n) is 2.33. The molecule has 0 unspecified atom stereocenters. The summed E-state index contributed by atoms with van der Waals surface area (Å²) >= 11 is 6.28. The van der Waals surface area contributed by atoms with E-state index in [0.29, 0.717) is 0 Å². The Balaban J connectivity index is 2.82. The van der Waals surface area contributed by atoms with Gasteiger partial charge in [0.1, 0.15) is 4.87 Å². The molecule has 0 aromatic heterocycles. The molecule has 0 fully saturated rings. The lowest BCUT2D eigenvalue weighted by Crippen LogP contribution is -2.15. The second kappa shape index (κ2) is 5.08. The summed E-state index contributed by atoms with van der Waals surface area (Å²) < 4.78 is 0. The van der Waals surface area contributed by atoms with E-state index in [-0.39, 0.29) is 4.87 Å². The van der Waals surface area contributed by atoms with Gasteiger partial charge in [0.2, 0.25) is 0 Å². The van der Waals surface area contributed by atoms with Crippen molar-refractivity contribution in [1.29, 1.82) is 0 Å². The summed E-state index contributed by atoms with van der Waals surface area (Å²) in [6.45, 7) is 4.13. The van der Waals surface area contributed by atoms with Gasteiger partial charge in [-0.3, -0.25) is 0 Å². The fourth-order valence-electron chi connectivity index (χ4n) is 1.13. The van der Waals surface area contributed by atoms with Crippen LogP contribution in [0.5, 0.6) is 0 Å². The maximum Gasteiger partial charge on any atom is 0.105 e. The molecule has 0 heterocycles. The van der Waals surface area contributed by atoms with Crippen LogP contribution in [0.25, 0.3) is 0 Å². The molecule has 0 nitrogen and oxygen atoms in total. The highest BCUT2D eigenvalue weighted by Gasteiger charge is 2.18. The van der Waals surface area contributed by atoms with E-state index in [1.54, 1.807) is 0 Å². The Morgan fingerprint density at radius 1 is 1.14 bits per heavy atom. The van der Waals surface area contributed by atoms with Crippen molar-refractivity contribution in [2.75, 3.05) is 0 Å². The Bertz CT molecular complexity index is 325. The van der Waals surface area contributed by atoms with Crippen LogP contribution in [0.4, 0.5) is 0 Å². The first-order chi connectivity index (χ1) is 6.70. The minimum atomic E-state index is -0.351. The quantitative estimate of drug-likeness (QED) is 0.510. The lowest BCUT2D eigenvalue weighted by Gasteiger charge is -2.15. The highest BCUT2D eigenvalue weighted by Crippen LogP contribution is 2.22. The predicted octanol–water partition coefficient (Wildman–Crippen LogP) is 3.84. The van der Waals surface area contributed by atoms with E-state index in [4.69, 9.17) is 11.6 Å². The molecule has 0 aliphatic rings. The van der Waals surface area contributed by atoms with Crippen molar-refractivity contribution in [2.45, 2.75) is 31.6 Å². The number of hydrogen-bond donors (Lipinski definition) is 0. The molecule has 74 valence electrons. The molecule has 0 aliphatic carbocycles.